The van der Waals surface area contributed by atoms with Gasteiger partial charge in [-0.15, -0.1) is 0 Å². The number of nitrogens with one attached hydrogen (secondary N) is 2. The van der Waals surface area contributed by atoms with E-state index in [1.165, 1.54) is 12.1 Å². The number of piperazine rings is 1. The standard InChI is InChI=1S/C16H21F2N3O2/c1-10(2)20-14(22)8-13-16(23)19-6-7-21(13)9-11-4-3-5-12(17)15(11)18/h3-5,10,13H,6-9H2,1-2H3,(H,19,23)(H,20,22). The second kappa shape index (κ2) is 7.50. The van der Waals surface area contributed by atoms with Gasteiger partial charge >= 0.3 is 0 Å². The average Bonchev–Trinajstić information content (AvgIpc) is 2.46. The summed E-state index contributed by atoms with van der Waals surface area (Å²) in [6.45, 7) is 4.63. The summed E-state index contributed by atoms with van der Waals surface area (Å²) in [5.74, 6) is -2.35. The summed E-state index contributed by atoms with van der Waals surface area (Å²) in [6.07, 6.45) is -0.0129. The molecule has 1 aromatic rings. The van der Waals surface area contributed by atoms with E-state index in [1.807, 2.05) is 13.8 Å². The van der Waals surface area contributed by atoms with E-state index in [1.54, 1.807) is 4.90 Å². The number of amides is 2. The summed E-state index contributed by atoms with van der Waals surface area (Å²) in [4.78, 5) is 25.7. The lowest BCUT2D eigenvalue weighted by molar-refractivity contribution is -0.134. The molecule has 23 heavy (non-hydrogen) atoms. The maximum absolute atomic E-state index is 13.8. The second-order valence-corrected chi connectivity index (χ2v) is 5.92. The molecular formula is C16H21F2N3O2. The highest BCUT2D eigenvalue weighted by molar-refractivity contribution is 5.88. The molecule has 2 rings (SSSR count). The van der Waals surface area contributed by atoms with Crippen LogP contribution in [0, 0.1) is 11.6 Å². The molecule has 1 aliphatic rings. The zero-order valence-electron chi connectivity index (χ0n) is 13.2. The van der Waals surface area contributed by atoms with Gasteiger partial charge in [-0.25, -0.2) is 8.78 Å². The highest BCUT2D eigenvalue weighted by Crippen LogP contribution is 2.18. The van der Waals surface area contributed by atoms with Crippen LogP contribution in [0.4, 0.5) is 8.78 Å². The van der Waals surface area contributed by atoms with Crippen LogP contribution in [0.1, 0.15) is 25.8 Å². The van der Waals surface area contributed by atoms with Gasteiger partial charge in [-0.3, -0.25) is 14.5 Å². The minimum absolute atomic E-state index is 0.0129. The Hall–Kier alpha value is -2.02. The predicted molar refractivity (Wildman–Crippen MR) is 81.5 cm³/mol. The molecule has 1 aromatic carbocycles. The Morgan fingerprint density at radius 2 is 2.17 bits per heavy atom. The van der Waals surface area contributed by atoms with Gasteiger partial charge in [0.15, 0.2) is 11.6 Å². The minimum atomic E-state index is -0.918. The minimum Gasteiger partial charge on any atom is -0.354 e. The molecule has 0 saturated carbocycles. The molecule has 1 heterocycles. The Morgan fingerprint density at radius 1 is 1.43 bits per heavy atom. The number of nitrogens with zero attached hydrogens (tertiary/aromatic N) is 1. The molecule has 0 aliphatic carbocycles. The van der Waals surface area contributed by atoms with E-state index in [4.69, 9.17) is 0 Å². The summed E-state index contributed by atoms with van der Waals surface area (Å²) in [5.41, 5.74) is 0.175. The normalized spacial score (nSPS) is 18.8. The maximum atomic E-state index is 13.8. The summed E-state index contributed by atoms with van der Waals surface area (Å²) in [7, 11) is 0. The van der Waals surface area contributed by atoms with Gasteiger partial charge in [0.05, 0.1) is 12.5 Å². The highest BCUT2D eigenvalue weighted by atomic mass is 19.2. The van der Waals surface area contributed by atoms with Crippen molar-refractivity contribution in [3.8, 4) is 0 Å². The maximum Gasteiger partial charge on any atom is 0.237 e. The van der Waals surface area contributed by atoms with Crippen molar-refractivity contribution in [2.24, 2.45) is 0 Å². The molecule has 5 nitrogen and oxygen atoms in total. The number of hydrogen-bond donors (Lipinski definition) is 2. The van der Waals surface area contributed by atoms with Crippen molar-refractivity contribution in [3.63, 3.8) is 0 Å². The third kappa shape index (κ3) is 4.48. The number of carbonyl (C=O) groups excluding carboxylic acids is 2. The van der Waals surface area contributed by atoms with E-state index in [2.05, 4.69) is 10.6 Å². The molecule has 126 valence electrons. The Morgan fingerprint density at radius 3 is 2.87 bits per heavy atom. The Labute approximate surface area is 134 Å². The van der Waals surface area contributed by atoms with Gasteiger partial charge < -0.3 is 10.6 Å². The van der Waals surface area contributed by atoms with Gasteiger partial charge in [0.25, 0.3) is 0 Å². The van der Waals surface area contributed by atoms with Crippen LogP contribution < -0.4 is 10.6 Å². The first kappa shape index (κ1) is 17.3. The van der Waals surface area contributed by atoms with E-state index in [0.717, 1.165) is 6.07 Å². The fraction of sp³-hybridized carbons (Fsp3) is 0.500. The smallest absolute Gasteiger partial charge is 0.237 e. The average molecular weight is 325 g/mol. The van der Waals surface area contributed by atoms with E-state index >= 15 is 0 Å². The van der Waals surface area contributed by atoms with Crippen molar-refractivity contribution < 1.29 is 18.4 Å². The molecule has 0 aromatic heterocycles. The molecule has 1 atom stereocenters. The highest BCUT2D eigenvalue weighted by Gasteiger charge is 2.32. The zero-order chi connectivity index (χ0) is 17.0. The largest absolute Gasteiger partial charge is 0.354 e. The van der Waals surface area contributed by atoms with Crippen LogP contribution in [0.25, 0.3) is 0 Å². The first-order chi connectivity index (χ1) is 10.9. The number of rotatable bonds is 5. The van der Waals surface area contributed by atoms with Gasteiger partial charge in [0.2, 0.25) is 11.8 Å². The molecule has 1 aliphatic heterocycles. The van der Waals surface area contributed by atoms with Crippen molar-refractivity contribution in [1.29, 1.82) is 0 Å². The van der Waals surface area contributed by atoms with Crippen LogP contribution in [0.5, 0.6) is 0 Å². The van der Waals surface area contributed by atoms with E-state index in [0.29, 0.717) is 13.1 Å². The SMILES string of the molecule is CC(C)NC(=O)CC1C(=O)NCCN1Cc1cccc(F)c1F. The van der Waals surface area contributed by atoms with E-state index in [-0.39, 0.29) is 36.4 Å². The van der Waals surface area contributed by atoms with E-state index < -0.39 is 17.7 Å². The van der Waals surface area contributed by atoms with Gasteiger partial charge in [0.1, 0.15) is 0 Å². The summed E-state index contributed by atoms with van der Waals surface area (Å²) in [6, 6.07) is 3.25. The molecule has 0 radical (unpaired) electrons. The number of hydrogen-bond acceptors (Lipinski definition) is 3. The summed E-state index contributed by atoms with van der Waals surface area (Å²) >= 11 is 0. The lowest BCUT2D eigenvalue weighted by Crippen LogP contribution is -2.56. The van der Waals surface area contributed by atoms with Crippen LogP contribution in [0.3, 0.4) is 0 Å². The second-order valence-electron chi connectivity index (χ2n) is 5.92. The van der Waals surface area contributed by atoms with Gasteiger partial charge in [-0.1, -0.05) is 12.1 Å². The van der Waals surface area contributed by atoms with Crippen molar-refractivity contribution in [2.45, 2.75) is 38.9 Å². The fourth-order valence-corrected chi connectivity index (χ4v) is 2.62. The van der Waals surface area contributed by atoms with Crippen LogP contribution in [0.15, 0.2) is 18.2 Å². The Kier molecular flexibility index (Phi) is 5.65. The van der Waals surface area contributed by atoms with Crippen molar-refractivity contribution in [3.05, 3.63) is 35.4 Å². The predicted octanol–water partition coefficient (Wildman–Crippen LogP) is 1.18. The van der Waals surface area contributed by atoms with Crippen molar-refractivity contribution in [1.82, 2.24) is 15.5 Å². The van der Waals surface area contributed by atoms with Crippen LogP contribution in [-0.4, -0.2) is 41.9 Å². The molecule has 2 amide bonds. The third-order valence-corrected chi connectivity index (χ3v) is 3.68. The monoisotopic (exact) mass is 325 g/mol. The fourth-order valence-electron chi connectivity index (χ4n) is 2.62. The van der Waals surface area contributed by atoms with Gasteiger partial charge in [-0.05, 0) is 19.9 Å². The van der Waals surface area contributed by atoms with Crippen LogP contribution >= 0.6 is 0 Å². The first-order valence-corrected chi connectivity index (χ1v) is 7.62. The molecule has 1 unspecified atom stereocenters. The Balaban J connectivity index is 2.12. The van der Waals surface area contributed by atoms with Crippen molar-refractivity contribution in [2.75, 3.05) is 13.1 Å². The molecule has 2 N–H and O–H groups in total. The topological polar surface area (TPSA) is 61.4 Å². The zero-order valence-corrected chi connectivity index (χ0v) is 13.2. The van der Waals surface area contributed by atoms with Crippen LogP contribution in [0.2, 0.25) is 0 Å². The van der Waals surface area contributed by atoms with Gasteiger partial charge in [-0.2, -0.15) is 0 Å². The number of halogens is 2. The summed E-state index contributed by atoms with van der Waals surface area (Å²) < 4.78 is 27.2. The third-order valence-electron chi connectivity index (χ3n) is 3.68. The first-order valence-electron chi connectivity index (χ1n) is 7.62. The molecule has 0 spiro atoms. The Bertz CT molecular complexity index is 593. The molecule has 1 fully saturated rings. The lowest BCUT2D eigenvalue weighted by Gasteiger charge is -2.34. The lowest BCUT2D eigenvalue weighted by atomic mass is 10.1. The molecule has 1 saturated heterocycles. The van der Waals surface area contributed by atoms with Crippen LogP contribution in [-0.2, 0) is 16.1 Å². The summed E-state index contributed by atoms with van der Waals surface area (Å²) in [5, 5.41) is 5.44. The number of benzene rings is 1. The quantitative estimate of drug-likeness (QED) is 0.855. The number of carbonyl (C=O) groups is 2. The molecule has 7 heteroatoms. The van der Waals surface area contributed by atoms with E-state index in [9.17, 15) is 18.4 Å². The molecular weight excluding hydrogens is 304 g/mol. The molecule has 0 bridgehead atoms. The van der Waals surface area contributed by atoms with Gasteiger partial charge in [0, 0.05) is 31.2 Å². The van der Waals surface area contributed by atoms with Crippen molar-refractivity contribution >= 4 is 11.8 Å².